The van der Waals surface area contributed by atoms with Crippen molar-refractivity contribution in [3.05, 3.63) is 58.9 Å². The molecule has 1 heterocycles. The fraction of sp³-hybridized carbons (Fsp3) is 0.263. The number of benzene rings is 2. The molecule has 3 rings (SSSR count). The van der Waals surface area contributed by atoms with Crippen LogP contribution in [0.5, 0.6) is 0 Å². The molecule has 0 aromatic heterocycles. The number of nitrogens with one attached hydrogen (secondary N) is 1. The number of anilines is 2. The van der Waals surface area contributed by atoms with Crippen molar-refractivity contribution < 1.29 is 19.1 Å². The van der Waals surface area contributed by atoms with Crippen molar-refractivity contribution in [3.8, 4) is 0 Å². The van der Waals surface area contributed by atoms with Gasteiger partial charge in [0.2, 0.25) is 0 Å². The van der Waals surface area contributed by atoms with Crippen molar-refractivity contribution in [2.24, 2.45) is 0 Å². The lowest BCUT2D eigenvalue weighted by molar-refractivity contribution is -0.138. The summed E-state index contributed by atoms with van der Waals surface area (Å²) in [6.07, 6.45) is 0. The number of carbonyl (C=O) groups is 2. The van der Waals surface area contributed by atoms with Crippen LogP contribution in [0.15, 0.2) is 42.5 Å². The van der Waals surface area contributed by atoms with Gasteiger partial charge >= 0.3 is 5.97 Å². The second-order valence-electron chi connectivity index (χ2n) is 6.29. The lowest BCUT2D eigenvalue weighted by Gasteiger charge is -2.35. The maximum Gasteiger partial charge on any atom is 0.317 e. The Morgan fingerprint density at radius 2 is 1.74 bits per heavy atom. The smallest absolute Gasteiger partial charge is 0.317 e. The highest BCUT2D eigenvalue weighted by Gasteiger charge is 2.19. The van der Waals surface area contributed by atoms with Crippen molar-refractivity contribution >= 4 is 34.9 Å². The van der Waals surface area contributed by atoms with Gasteiger partial charge in [-0.25, -0.2) is 4.39 Å². The normalized spacial score (nSPS) is 14.8. The highest BCUT2D eigenvalue weighted by molar-refractivity contribution is 6.30. The van der Waals surface area contributed by atoms with E-state index in [2.05, 4.69) is 10.2 Å². The summed E-state index contributed by atoms with van der Waals surface area (Å²) in [6, 6.07) is 11.3. The predicted octanol–water partition coefficient (Wildman–Crippen LogP) is 2.94. The predicted molar refractivity (Wildman–Crippen MR) is 102 cm³/mol. The molecular weight excluding hydrogens is 373 g/mol. The highest BCUT2D eigenvalue weighted by Crippen LogP contribution is 2.21. The third-order valence-corrected chi connectivity index (χ3v) is 4.71. The van der Waals surface area contributed by atoms with Gasteiger partial charge in [0.15, 0.2) is 0 Å². The zero-order chi connectivity index (χ0) is 19.4. The molecule has 2 aromatic carbocycles. The van der Waals surface area contributed by atoms with Crippen LogP contribution >= 0.6 is 11.6 Å². The van der Waals surface area contributed by atoms with Gasteiger partial charge in [-0.2, -0.15) is 0 Å². The van der Waals surface area contributed by atoms with Crippen LogP contribution in [0.1, 0.15) is 10.4 Å². The minimum absolute atomic E-state index is 0.0284. The minimum atomic E-state index is -0.816. The van der Waals surface area contributed by atoms with Gasteiger partial charge in [0.25, 0.3) is 5.91 Å². The Labute approximate surface area is 161 Å². The summed E-state index contributed by atoms with van der Waals surface area (Å²) in [6.45, 7) is 2.91. The maximum absolute atomic E-state index is 13.5. The first-order valence-corrected chi connectivity index (χ1v) is 8.86. The van der Waals surface area contributed by atoms with Crippen LogP contribution in [0, 0.1) is 5.82 Å². The molecule has 0 bridgehead atoms. The quantitative estimate of drug-likeness (QED) is 0.819. The van der Waals surface area contributed by atoms with Crippen molar-refractivity contribution in [1.29, 1.82) is 0 Å². The molecule has 1 saturated heterocycles. The number of amides is 1. The first-order valence-electron chi connectivity index (χ1n) is 8.48. The summed E-state index contributed by atoms with van der Waals surface area (Å²) < 4.78 is 13.5. The monoisotopic (exact) mass is 391 g/mol. The standard InChI is InChI=1S/C19H19ClFN3O3/c20-16-6-1-13(11-17(16)21)19(27)22-14-2-4-15(5-3-14)24-9-7-23(8-10-24)12-18(25)26/h1-6,11H,7-10,12H2,(H,22,27)(H,25,26). The van der Waals surface area contributed by atoms with Crippen LogP contribution in [-0.4, -0.2) is 54.6 Å². The van der Waals surface area contributed by atoms with Gasteiger partial charge in [-0.1, -0.05) is 11.6 Å². The fourth-order valence-corrected chi connectivity index (χ4v) is 3.07. The van der Waals surface area contributed by atoms with Crippen molar-refractivity contribution in [2.75, 3.05) is 42.9 Å². The molecule has 0 aliphatic carbocycles. The largest absolute Gasteiger partial charge is 0.480 e. The van der Waals surface area contributed by atoms with E-state index in [-0.39, 0.29) is 17.1 Å². The lowest BCUT2D eigenvalue weighted by atomic mass is 10.2. The molecule has 2 N–H and O–H groups in total. The van der Waals surface area contributed by atoms with Crippen LogP contribution in [0.3, 0.4) is 0 Å². The molecule has 2 aromatic rings. The molecule has 0 radical (unpaired) electrons. The second kappa shape index (κ2) is 8.37. The van der Waals surface area contributed by atoms with Crippen LogP contribution in [0.2, 0.25) is 5.02 Å². The molecule has 8 heteroatoms. The third-order valence-electron chi connectivity index (χ3n) is 4.40. The average molecular weight is 392 g/mol. The molecule has 1 amide bonds. The van der Waals surface area contributed by atoms with Crippen LogP contribution in [0.4, 0.5) is 15.8 Å². The fourth-order valence-electron chi connectivity index (χ4n) is 2.95. The molecule has 1 aliphatic rings. The number of carbonyl (C=O) groups excluding carboxylic acids is 1. The lowest BCUT2D eigenvalue weighted by Crippen LogP contribution is -2.47. The van der Waals surface area contributed by atoms with E-state index in [1.165, 1.54) is 12.1 Å². The molecule has 142 valence electrons. The van der Waals surface area contributed by atoms with Gasteiger partial charge in [-0.15, -0.1) is 0 Å². The molecule has 0 unspecified atom stereocenters. The number of halogens is 2. The summed E-state index contributed by atoms with van der Waals surface area (Å²) in [7, 11) is 0. The van der Waals surface area contributed by atoms with Crippen molar-refractivity contribution in [1.82, 2.24) is 4.90 Å². The van der Waals surface area contributed by atoms with E-state index < -0.39 is 17.7 Å². The van der Waals surface area contributed by atoms with E-state index in [9.17, 15) is 14.0 Å². The number of nitrogens with zero attached hydrogens (tertiary/aromatic N) is 2. The first kappa shape index (κ1) is 19.1. The molecule has 1 fully saturated rings. The average Bonchev–Trinajstić information content (AvgIpc) is 2.65. The number of carboxylic acids is 1. The van der Waals surface area contributed by atoms with Gasteiger partial charge in [0.1, 0.15) is 5.82 Å². The molecule has 6 nitrogen and oxygen atoms in total. The van der Waals surface area contributed by atoms with E-state index in [0.29, 0.717) is 18.8 Å². The molecule has 0 spiro atoms. The Hall–Kier alpha value is -2.64. The summed E-state index contributed by atoms with van der Waals surface area (Å²) in [5, 5.41) is 11.5. The first-order chi connectivity index (χ1) is 12.9. The Bertz CT molecular complexity index is 837. The third kappa shape index (κ3) is 4.96. The topological polar surface area (TPSA) is 72.9 Å². The van der Waals surface area contributed by atoms with Gasteiger partial charge in [0, 0.05) is 43.1 Å². The highest BCUT2D eigenvalue weighted by atomic mass is 35.5. The molecule has 0 saturated carbocycles. The Morgan fingerprint density at radius 3 is 2.33 bits per heavy atom. The molecular formula is C19H19ClFN3O3. The van der Waals surface area contributed by atoms with Crippen molar-refractivity contribution in [2.45, 2.75) is 0 Å². The minimum Gasteiger partial charge on any atom is -0.480 e. The number of rotatable bonds is 5. The summed E-state index contributed by atoms with van der Waals surface area (Å²) in [5.41, 5.74) is 1.79. The Morgan fingerprint density at radius 1 is 1.07 bits per heavy atom. The van der Waals surface area contributed by atoms with Gasteiger partial charge in [0.05, 0.1) is 11.6 Å². The number of carboxylic acid groups (broad SMARTS) is 1. The Balaban J connectivity index is 1.58. The van der Waals surface area contributed by atoms with Crippen LogP contribution < -0.4 is 10.2 Å². The molecule has 27 heavy (non-hydrogen) atoms. The molecule has 1 aliphatic heterocycles. The zero-order valence-electron chi connectivity index (χ0n) is 14.5. The van der Waals surface area contributed by atoms with E-state index in [4.69, 9.17) is 16.7 Å². The van der Waals surface area contributed by atoms with E-state index >= 15 is 0 Å². The van der Waals surface area contributed by atoms with Crippen LogP contribution in [0.25, 0.3) is 0 Å². The van der Waals surface area contributed by atoms with Gasteiger partial charge in [-0.3, -0.25) is 14.5 Å². The number of aliphatic carboxylic acids is 1. The van der Waals surface area contributed by atoms with Gasteiger partial charge < -0.3 is 15.3 Å². The van der Waals surface area contributed by atoms with Crippen molar-refractivity contribution in [3.63, 3.8) is 0 Å². The van der Waals surface area contributed by atoms with E-state index in [1.54, 1.807) is 12.1 Å². The summed E-state index contributed by atoms with van der Waals surface area (Å²) in [4.78, 5) is 27.0. The zero-order valence-corrected chi connectivity index (χ0v) is 15.2. The van der Waals surface area contributed by atoms with Gasteiger partial charge in [-0.05, 0) is 42.5 Å². The van der Waals surface area contributed by atoms with Crippen LogP contribution in [-0.2, 0) is 4.79 Å². The maximum atomic E-state index is 13.5. The number of piperazine rings is 1. The SMILES string of the molecule is O=C(O)CN1CCN(c2ccc(NC(=O)c3ccc(Cl)c(F)c3)cc2)CC1. The van der Waals surface area contributed by atoms with E-state index in [0.717, 1.165) is 24.8 Å². The summed E-state index contributed by atoms with van der Waals surface area (Å²) in [5.74, 6) is -1.87. The Kier molecular flexibility index (Phi) is 5.93. The second-order valence-corrected chi connectivity index (χ2v) is 6.69. The number of hydrogen-bond donors (Lipinski definition) is 2. The summed E-state index contributed by atoms with van der Waals surface area (Å²) >= 11 is 5.63. The molecule has 0 atom stereocenters. The number of hydrogen-bond acceptors (Lipinski definition) is 4. The van der Waals surface area contributed by atoms with E-state index in [1.807, 2.05) is 17.0 Å².